The van der Waals surface area contributed by atoms with Crippen molar-refractivity contribution in [2.24, 2.45) is 0 Å². The van der Waals surface area contributed by atoms with Crippen LogP contribution in [0.5, 0.6) is 5.75 Å². The zero-order chi connectivity index (χ0) is 27.1. The number of anilines is 3. The zero-order valence-corrected chi connectivity index (χ0v) is 21.9. The smallest absolute Gasteiger partial charge is 0.537 e. The molecule has 1 N–H and O–H groups in total. The van der Waals surface area contributed by atoms with Gasteiger partial charge in [0.2, 0.25) is 0 Å². The number of nitrogens with zero attached hydrogens (tertiary/aromatic N) is 1. The molecule has 0 saturated heterocycles. The summed E-state index contributed by atoms with van der Waals surface area (Å²) in [7, 11) is 0.714. The third kappa shape index (κ3) is 5.39. The van der Waals surface area contributed by atoms with E-state index < -0.39 is 0 Å². The van der Waals surface area contributed by atoms with Crippen molar-refractivity contribution >= 4 is 24.7 Å². The first-order chi connectivity index (χ1) is 19.8. The number of hydrogen-bond donors (Lipinski definition) is 1. The summed E-state index contributed by atoms with van der Waals surface area (Å²) in [5.74, 6) is 0.559. The number of hydrogen-bond acceptors (Lipinski definition) is 3. The third-order valence-corrected chi connectivity index (χ3v) is 6.95. The second-order valence-electron chi connectivity index (χ2n) is 9.43. The van der Waals surface area contributed by atoms with Crippen molar-refractivity contribution in [3.05, 3.63) is 158 Å². The normalized spacial score (nSPS) is 10.6. The molecule has 3 nitrogen and oxygen atoms in total. The van der Waals surface area contributed by atoms with Crippen molar-refractivity contribution in [2.75, 3.05) is 4.90 Å². The quantitative estimate of drug-likeness (QED) is 0.205. The summed E-state index contributed by atoms with van der Waals surface area (Å²) in [6.07, 6.45) is 0. The second kappa shape index (κ2) is 11.8. The van der Waals surface area contributed by atoms with E-state index in [2.05, 4.69) is 114 Å². The van der Waals surface area contributed by atoms with Gasteiger partial charge in [-0.25, -0.2) is 0 Å². The van der Waals surface area contributed by atoms with Crippen LogP contribution in [-0.4, -0.2) is 12.7 Å². The Hall–Kier alpha value is -5.06. The van der Waals surface area contributed by atoms with Crippen LogP contribution in [0.4, 0.5) is 17.1 Å². The molecule has 0 heterocycles. The molecule has 0 aliphatic rings. The van der Waals surface area contributed by atoms with E-state index in [1.165, 1.54) is 11.1 Å². The standard InChI is InChI=1S/C36H27BNO2/c39-37-40-34-24-25-36(35(26-34)31-14-8-3-9-15-31)38(32-20-16-29(17-21-32)27-10-4-1-5-11-27)33-22-18-30(19-23-33)28-12-6-2-7-13-28/h1-26,39H. The Bertz CT molecular complexity index is 1590. The molecule has 1 radical (unpaired) electrons. The van der Waals surface area contributed by atoms with Gasteiger partial charge in [-0.1, -0.05) is 115 Å². The lowest BCUT2D eigenvalue weighted by Crippen LogP contribution is -2.11. The van der Waals surface area contributed by atoms with Crippen molar-refractivity contribution < 1.29 is 9.68 Å². The molecule has 0 aliphatic heterocycles. The monoisotopic (exact) mass is 516 g/mol. The molecule has 4 heteroatoms. The van der Waals surface area contributed by atoms with E-state index in [9.17, 15) is 5.02 Å². The second-order valence-corrected chi connectivity index (χ2v) is 9.43. The molecule has 6 aromatic carbocycles. The predicted octanol–water partition coefficient (Wildman–Crippen LogP) is 9.06. The molecule has 0 amide bonds. The molecule has 0 saturated carbocycles. The summed E-state index contributed by atoms with van der Waals surface area (Å²) >= 11 is 0. The maximum atomic E-state index is 9.30. The van der Waals surface area contributed by atoms with E-state index >= 15 is 0 Å². The maximum Gasteiger partial charge on any atom is 0.569 e. The van der Waals surface area contributed by atoms with E-state index in [4.69, 9.17) is 4.65 Å². The van der Waals surface area contributed by atoms with Gasteiger partial charge in [0.15, 0.2) is 0 Å². The van der Waals surface area contributed by atoms with E-state index in [1.807, 2.05) is 48.5 Å². The van der Waals surface area contributed by atoms with Gasteiger partial charge in [0.05, 0.1) is 5.69 Å². The molecular weight excluding hydrogens is 489 g/mol. The molecule has 0 aliphatic carbocycles. The van der Waals surface area contributed by atoms with Gasteiger partial charge in [0, 0.05) is 16.9 Å². The van der Waals surface area contributed by atoms with Crippen LogP contribution >= 0.6 is 0 Å². The molecule has 0 unspecified atom stereocenters. The minimum absolute atomic E-state index is 0.559. The highest BCUT2D eigenvalue weighted by molar-refractivity contribution is 6.17. The van der Waals surface area contributed by atoms with Crippen molar-refractivity contribution in [1.29, 1.82) is 0 Å². The Kier molecular flexibility index (Phi) is 7.43. The lowest BCUT2D eigenvalue weighted by molar-refractivity contribution is 0.454. The molecule has 6 aromatic rings. The third-order valence-electron chi connectivity index (χ3n) is 6.95. The fourth-order valence-electron chi connectivity index (χ4n) is 4.99. The van der Waals surface area contributed by atoms with E-state index in [-0.39, 0.29) is 0 Å². The fourth-order valence-corrected chi connectivity index (χ4v) is 4.99. The van der Waals surface area contributed by atoms with Gasteiger partial charge in [-0.15, -0.1) is 0 Å². The van der Waals surface area contributed by atoms with Crippen LogP contribution in [0, 0.1) is 0 Å². The van der Waals surface area contributed by atoms with Crippen LogP contribution in [0.1, 0.15) is 0 Å². The molecule has 0 bridgehead atoms. The molecule has 40 heavy (non-hydrogen) atoms. The molecule has 0 fully saturated rings. The number of rotatable bonds is 8. The van der Waals surface area contributed by atoms with Crippen LogP contribution in [0.3, 0.4) is 0 Å². The van der Waals surface area contributed by atoms with Gasteiger partial charge in [-0.3, -0.25) is 0 Å². The SMILES string of the molecule is O[B]Oc1ccc(N(c2ccc(-c3ccccc3)cc2)c2ccc(-c3ccccc3)cc2)c(-c2ccccc2)c1. The van der Waals surface area contributed by atoms with E-state index in [1.54, 1.807) is 0 Å². The van der Waals surface area contributed by atoms with Crippen molar-refractivity contribution in [3.63, 3.8) is 0 Å². The highest BCUT2D eigenvalue weighted by atomic mass is 16.5. The van der Waals surface area contributed by atoms with E-state index in [0.29, 0.717) is 13.4 Å². The molecule has 0 aromatic heterocycles. The molecular formula is C36H27BNO2. The van der Waals surface area contributed by atoms with Crippen LogP contribution in [0.25, 0.3) is 33.4 Å². The van der Waals surface area contributed by atoms with Crippen LogP contribution in [0.2, 0.25) is 0 Å². The first-order valence-corrected chi connectivity index (χ1v) is 13.2. The van der Waals surface area contributed by atoms with Gasteiger partial charge >= 0.3 is 7.69 Å². The lowest BCUT2D eigenvalue weighted by atomic mass is 10.00. The Balaban J connectivity index is 1.49. The van der Waals surface area contributed by atoms with Crippen molar-refractivity contribution in [3.8, 4) is 39.1 Å². The average Bonchev–Trinajstić information content (AvgIpc) is 3.04. The van der Waals surface area contributed by atoms with Crippen LogP contribution in [0.15, 0.2) is 158 Å². The van der Waals surface area contributed by atoms with Crippen LogP contribution < -0.4 is 9.55 Å². The summed E-state index contributed by atoms with van der Waals surface area (Å²) in [4.78, 5) is 2.26. The van der Waals surface area contributed by atoms with E-state index in [0.717, 1.165) is 39.3 Å². The molecule has 0 spiro atoms. The minimum atomic E-state index is 0.559. The summed E-state index contributed by atoms with van der Waals surface area (Å²) in [6.45, 7) is 0. The fraction of sp³-hybridized carbons (Fsp3) is 0. The van der Waals surface area contributed by atoms with Gasteiger partial charge in [0.25, 0.3) is 0 Å². The van der Waals surface area contributed by atoms with Gasteiger partial charge in [0.1, 0.15) is 5.75 Å². The Morgan fingerprint density at radius 3 is 1.32 bits per heavy atom. The predicted molar refractivity (Wildman–Crippen MR) is 166 cm³/mol. The van der Waals surface area contributed by atoms with Crippen molar-refractivity contribution in [1.82, 2.24) is 0 Å². The Morgan fingerprint density at radius 1 is 0.450 bits per heavy atom. The van der Waals surface area contributed by atoms with Gasteiger partial charge in [-0.2, -0.15) is 0 Å². The largest absolute Gasteiger partial charge is 0.569 e. The first kappa shape index (κ1) is 25.2. The summed E-state index contributed by atoms with van der Waals surface area (Å²) in [5.41, 5.74) is 9.78. The molecule has 0 atom stereocenters. The average molecular weight is 516 g/mol. The van der Waals surface area contributed by atoms with Crippen LogP contribution in [-0.2, 0) is 0 Å². The highest BCUT2D eigenvalue weighted by Gasteiger charge is 2.18. The maximum absolute atomic E-state index is 9.30. The van der Waals surface area contributed by atoms with Gasteiger partial charge in [-0.05, 0) is 70.3 Å². The summed E-state index contributed by atoms with van der Waals surface area (Å²) in [6, 6.07) is 54.2. The minimum Gasteiger partial charge on any atom is -0.537 e. The van der Waals surface area contributed by atoms with Crippen molar-refractivity contribution in [2.45, 2.75) is 0 Å². The highest BCUT2D eigenvalue weighted by Crippen LogP contribution is 2.43. The summed E-state index contributed by atoms with van der Waals surface area (Å²) in [5, 5.41) is 9.30. The number of benzene rings is 6. The zero-order valence-electron chi connectivity index (χ0n) is 21.9. The topological polar surface area (TPSA) is 32.7 Å². The Labute approximate surface area is 235 Å². The molecule has 6 rings (SSSR count). The lowest BCUT2D eigenvalue weighted by Gasteiger charge is -2.28. The summed E-state index contributed by atoms with van der Waals surface area (Å²) < 4.78 is 5.36. The van der Waals surface area contributed by atoms with Gasteiger partial charge < -0.3 is 14.6 Å². The first-order valence-electron chi connectivity index (χ1n) is 13.2. The molecule has 191 valence electrons. The Morgan fingerprint density at radius 2 is 0.875 bits per heavy atom.